The van der Waals surface area contributed by atoms with E-state index in [9.17, 15) is 5.11 Å². The molecule has 10 heavy (non-hydrogen) atoms. The maximum absolute atomic E-state index is 9.46. The first-order chi connectivity index (χ1) is 4.84. The van der Waals surface area contributed by atoms with Gasteiger partial charge in [0.05, 0.1) is 6.10 Å². The average Bonchev–Trinajstić information content (AvgIpc) is 1.94. The van der Waals surface area contributed by atoms with Gasteiger partial charge in [0.15, 0.2) is 0 Å². The highest BCUT2D eigenvalue weighted by Crippen LogP contribution is 2.23. The highest BCUT2D eigenvalue weighted by molar-refractivity contribution is 4.75. The van der Waals surface area contributed by atoms with Crippen molar-refractivity contribution in [2.75, 3.05) is 13.6 Å². The van der Waals surface area contributed by atoms with Crippen LogP contribution in [0, 0.1) is 5.92 Å². The molecule has 1 aliphatic rings. The van der Waals surface area contributed by atoms with Gasteiger partial charge in [-0.2, -0.15) is 0 Å². The van der Waals surface area contributed by atoms with E-state index >= 15 is 0 Å². The summed E-state index contributed by atoms with van der Waals surface area (Å²) in [7, 11) is 1.95. The van der Waals surface area contributed by atoms with Gasteiger partial charge in [0.2, 0.25) is 0 Å². The van der Waals surface area contributed by atoms with Crippen LogP contribution in [0.2, 0.25) is 0 Å². The highest BCUT2D eigenvalue weighted by atomic mass is 16.3. The third kappa shape index (κ3) is 1.96. The van der Waals surface area contributed by atoms with E-state index in [2.05, 4.69) is 5.32 Å². The van der Waals surface area contributed by atoms with Crippen molar-refractivity contribution in [2.24, 2.45) is 5.92 Å². The normalized spacial score (nSPS) is 34.2. The molecule has 60 valence electrons. The summed E-state index contributed by atoms with van der Waals surface area (Å²) in [6.45, 7) is 0.973. The minimum Gasteiger partial charge on any atom is -0.393 e. The lowest BCUT2D eigenvalue weighted by atomic mass is 9.86. The predicted molar refractivity (Wildman–Crippen MR) is 41.9 cm³/mol. The summed E-state index contributed by atoms with van der Waals surface area (Å²) in [5.41, 5.74) is 0. The SMILES string of the molecule is CNCC1CCCCC1O. The van der Waals surface area contributed by atoms with E-state index in [4.69, 9.17) is 0 Å². The van der Waals surface area contributed by atoms with Crippen LogP contribution >= 0.6 is 0 Å². The second kappa shape index (κ2) is 3.94. The molecule has 2 N–H and O–H groups in total. The molecule has 0 heterocycles. The van der Waals surface area contributed by atoms with Crippen molar-refractivity contribution in [2.45, 2.75) is 31.8 Å². The van der Waals surface area contributed by atoms with Gasteiger partial charge in [0.1, 0.15) is 0 Å². The summed E-state index contributed by atoms with van der Waals surface area (Å²) in [6, 6.07) is 0. The van der Waals surface area contributed by atoms with Crippen LogP contribution in [-0.2, 0) is 0 Å². The van der Waals surface area contributed by atoms with Crippen molar-refractivity contribution >= 4 is 0 Å². The van der Waals surface area contributed by atoms with Crippen molar-refractivity contribution in [3.8, 4) is 0 Å². The molecule has 0 aromatic rings. The van der Waals surface area contributed by atoms with Crippen LogP contribution < -0.4 is 5.32 Å². The Bertz CT molecular complexity index is 93.3. The van der Waals surface area contributed by atoms with Gasteiger partial charge in [-0.15, -0.1) is 0 Å². The van der Waals surface area contributed by atoms with Crippen molar-refractivity contribution in [3.63, 3.8) is 0 Å². The molecule has 1 aliphatic carbocycles. The van der Waals surface area contributed by atoms with E-state index in [1.807, 2.05) is 7.05 Å². The van der Waals surface area contributed by atoms with Gasteiger partial charge in [-0.3, -0.25) is 0 Å². The molecule has 1 rings (SSSR count). The maximum Gasteiger partial charge on any atom is 0.0580 e. The molecule has 2 unspecified atom stereocenters. The monoisotopic (exact) mass is 143 g/mol. The Morgan fingerprint density at radius 1 is 1.40 bits per heavy atom. The fourth-order valence-electron chi connectivity index (χ4n) is 1.69. The molecule has 2 heteroatoms. The standard InChI is InChI=1S/C8H17NO/c1-9-6-7-4-2-3-5-8(7)10/h7-10H,2-6H2,1H3. The maximum atomic E-state index is 9.46. The Morgan fingerprint density at radius 2 is 2.10 bits per heavy atom. The predicted octanol–water partition coefficient (Wildman–Crippen LogP) is 0.757. The van der Waals surface area contributed by atoms with Crippen molar-refractivity contribution in [1.82, 2.24) is 5.32 Å². The summed E-state index contributed by atoms with van der Waals surface area (Å²) >= 11 is 0. The average molecular weight is 143 g/mol. The molecule has 0 bridgehead atoms. The van der Waals surface area contributed by atoms with Gasteiger partial charge in [-0.1, -0.05) is 12.8 Å². The Balaban J connectivity index is 2.25. The van der Waals surface area contributed by atoms with E-state index in [-0.39, 0.29) is 6.10 Å². The fourth-order valence-corrected chi connectivity index (χ4v) is 1.69. The largest absolute Gasteiger partial charge is 0.393 e. The van der Waals surface area contributed by atoms with E-state index in [0.717, 1.165) is 13.0 Å². The molecule has 1 fully saturated rings. The molecule has 0 aliphatic heterocycles. The van der Waals surface area contributed by atoms with Crippen LogP contribution in [0.4, 0.5) is 0 Å². The van der Waals surface area contributed by atoms with E-state index in [0.29, 0.717) is 5.92 Å². The summed E-state index contributed by atoms with van der Waals surface area (Å²) in [5.74, 6) is 0.513. The van der Waals surface area contributed by atoms with E-state index in [1.165, 1.54) is 19.3 Å². The summed E-state index contributed by atoms with van der Waals surface area (Å²) in [4.78, 5) is 0. The van der Waals surface area contributed by atoms with Crippen LogP contribution in [0.25, 0.3) is 0 Å². The summed E-state index contributed by atoms with van der Waals surface area (Å²) in [6.07, 6.45) is 4.67. The molecule has 2 nitrogen and oxygen atoms in total. The van der Waals surface area contributed by atoms with Crippen LogP contribution in [0.1, 0.15) is 25.7 Å². The first kappa shape index (κ1) is 8.02. The van der Waals surface area contributed by atoms with E-state index in [1.54, 1.807) is 0 Å². The second-order valence-corrected chi connectivity index (χ2v) is 3.17. The van der Waals surface area contributed by atoms with Gasteiger partial charge < -0.3 is 10.4 Å². The zero-order valence-corrected chi connectivity index (χ0v) is 6.64. The number of aliphatic hydroxyl groups excluding tert-OH is 1. The second-order valence-electron chi connectivity index (χ2n) is 3.17. The van der Waals surface area contributed by atoms with Gasteiger partial charge in [0.25, 0.3) is 0 Å². The Labute approximate surface area is 62.6 Å². The molecule has 0 aromatic heterocycles. The number of aliphatic hydroxyl groups is 1. The Kier molecular flexibility index (Phi) is 3.16. The van der Waals surface area contributed by atoms with Crippen molar-refractivity contribution in [3.05, 3.63) is 0 Å². The zero-order valence-electron chi connectivity index (χ0n) is 6.64. The van der Waals surface area contributed by atoms with Crippen LogP contribution in [0.5, 0.6) is 0 Å². The summed E-state index contributed by atoms with van der Waals surface area (Å²) in [5, 5.41) is 12.6. The molecule has 0 radical (unpaired) electrons. The Hall–Kier alpha value is -0.0800. The third-order valence-electron chi connectivity index (χ3n) is 2.34. The smallest absolute Gasteiger partial charge is 0.0580 e. The van der Waals surface area contributed by atoms with Gasteiger partial charge in [-0.05, 0) is 25.8 Å². The first-order valence-electron chi connectivity index (χ1n) is 4.17. The van der Waals surface area contributed by atoms with E-state index < -0.39 is 0 Å². The quantitative estimate of drug-likeness (QED) is 0.598. The van der Waals surface area contributed by atoms with Gasteiger partial charge >= 0.3 is 0 Å². The van der Waals surface area contributed by atoms with Crippen molar-refractivity contribution in [1.29, 1.82) is 0 Å². The third-order valence-corrected chi connectivity index (χ3v) is 2.34. The number of rotatable bonds is 2. The number of nitrogens with one attached hydrogen (secondary N) is 1. The van der Waals surface area contributed by atoms with Crippen LogP contribution in [-0.4, -0.2) is 24.8 Å². The van der Waals surface area contributed by atoms with Gasteiger partial charge in [0, 0.05) is 6.54 Å². The molecular weight excluding hydrogens is 126 g/mol. The molecule has 0 spiro atoms. The molecule has 0 aromatic carbocycles. The first-order valence-corrected chi connectivity index (χ1v) is 4.17. The van der Waals surface area contributed by atoms with Crippen LogP contribution in [0.15, 0.2) is 0 Å². The van der Waals surface area contributed by atoms with Gasteiger partial charge in [-0.25, -0.2) is 0 Å². The molecule has 0 saturated heterocycles. The highest BCUT2D eigenvalue weighted by Gasteiger charge is 2.21. The minimum absolute atomic E-state index is 0.0406. The molecule has 1 saturated carbocycles. The minimum atomic E-state index is -0.0406. The van der Waals surface area contributed by atoms with Crippen molar-refractivity contribution < 1.29 is 5.11 Å². The lowest BCUT2D eigenvalue weighted by molar-refractivity contribution is 0.0707. The lowest BCUT2D eigenvalue weighted by Crippen LogP contribution is -2.32. The molecular formula is C8H17NO. The fraction of sp³-hybridized carbons (Fsp3) is 1.00. The Morgan fingerprint density at radius 3 is 2.70 bits per heavy atom. The topological polar surface area (TPSA) is 32.3 Å². The lowest BCUT2D eigenvalue weighted by Gasteiger charge is -2.26. The number of hydrogen-bond acceptors (Lipinski definition) is 2. The molecule has 0 amide bonds. The zero-order chi connectivity index (χ0) is 7.40. The number of hydrogen-bond donors (Lipinski definition) is 2. The molecule has 2 atom stereocenters. The van der Waals surface area contributed by atoms with Crippen LogP contribution in [0.3, 0.4) is 0 Å². The summed E-state index contributed by atoms with van der Waals surface area (Å²) < 4.78 is 0.